The van der Waals surface area contributed by atoms with Crippen LogP contribution >= 0.6 is 0 Å². The lowest BCUT2D eigenvalue weighted by molar-refractivity contribution is -0.146. The van der Waals surface area contributed by atoms with E-state index in [1.165, 1.54) is 0 Å². The first-order chi connectivity index (χ1) is 8.78. The SMILES string of the molecule is O=C(O)CNC(O)C1(N(CC(=O)O)CC(=O)O)CC1. The number of carbonyl (C=O) groups is 3. The lowest BCUT2D eigenvalue weighted by atomic mass is 10.1. The van der Waals surface area contributed by atoms with Gasteiger partial charge in [0, 0.05) is 0 Å². The van der Waals surface area contributed by atoms with Crippen LogP contribution in [0.15, 0.2) is 0 Å². The van der Waals surface area contributed by atoms with E-state index in [1.807, 2.05) is 0 Å². The first kappa shape index (κ1) is 15.3. The van der Waals surface area contributed by atoms with Gasteiger partial charge in [0.15, 0.2) is 0 Å². The molecule has 0 aliphatic heterocycles. The molecule has 9 heteroatoms. The van der Waals surface area contributed by atoms with Crippen LogP contribution in [0.5, 0.6) is 0 Å². The largest absolute Gasteiger partial charge is 0.480 e. The summed E-state index contributed by atoms with van der Waals surface area (Å²) in [5.74, 6) is -3.59. The van der Waals surface area contributed by atoms with Crippen molar-refractivity contribution < 1.29 is 34.8 Å². The zero-order valence-electron chi connectivity index (χ0n) is 10.1. The molecular formula is C10H16N2O7. The second-order valence-corrected chi connectivity index (χ2v) is 4.42. The van der Waals surface area contributed by atoms with Crippen molar-refractivity contribution >= 4 is 17.9 Å². The summed E-state index contributed by atoms with van der Waals surface area (Å²) in [5.41, 5.74) is -1.02. The first-order valence-corrected chi connectivity index (χ1v) is 5.60. The zero-order valence-corrected chi connectivity index (χ0v) is 10.1. The molecule has 1 saturated carbocycles. The summed E-state index contributed by atoms with van der Waals surface area (Å²) >= 11 is 0. The van der Waals surface area contributed by atoms with Crippen molar-refractivity contribution in [2.75, 3.05) is 19.6 Å². The van der Waals surface area contributed by atoms with Gasteiger partial charge in [0.1, 0.15) is 6.23 Å². The molecule has 0 aromatic carbocycles. The fraction of sp³-hybridized carbons (Fsp3) is 0.700. The molecule has 9 nitrogen and oxygen atoms in total. The number of nitrogens with zero attached hydrogens (tertiary/aromatic N) is 1. The van der Waals surface area contributed by atoms with Crippen LogP contribution in [0.3, 0.4) is 0 Å². The topological polar surface area (TPSA) is 147 Å². The van der Waals surface area contributed by atoms with Crippen LogP contribution in [-0.2, 0) is 14.4 Å². The molecule has 0 amide bonds. The smallest absolute Gasteiger partial charge is 0.317 e. The highest BCUT2D eigenvalue weighted by Gasteiger charge is 2.54. The van der Waals surface area contributed by atoms with Crippen molar-refractivity contribution in [1.82, 2.24) is 10.2 Å². The van der Waals surface area contributed by atoms with Crippen molar-refractivity contribution in [2.45, 2.75) is 24.6 Å². The maximum Gasteiger partial charge on any atom is 0.317 e. The second-order valence-electron chi connectivity index (χ2n) is 4.42. The minimum atomic E-state index is -1.29. The van der Waals surface area contributed by atoms with Crippen LogP contribution < -0.4 is 5.32 Å². The number of rotatable bonds is 9. The minimum absolute atomic E-state index is 0.404. The van der Waals surface area contributed by atoms with Crippen molar-refractivity contribution in [3.8, 4) is 0 Å². The van der Waals surface area contributed by atoms with Gasteiger partial charge in [-0.15, -0.1) is 0 Å². The third kappa shape index (κ3) is 4.16. The predicted molar refractivity (Wildman–Crippen MR) is 60.5 cm³/mol. The third-order valence-electron chi connectivity index (χ3n) is 3.00. The lowest BCUT2D eigenvalue weighted by Crippen LogP contribution is -2.55. The average molecular weight is 276 g/mol. The Bertz CT molecular complexity index is 364. The Morgan fingerprint density at radius 1 is 1.05 bits per heavy atom. The molecule has 1 atom stereocenters. The molecule has 0 radical (unpaired) electrons. The number of carboxylic acids is 3. The van der Waals surface area contributed by atoms with Crippen molar-refractivity contribution in [1.29, 1.82) is 0 Å². The summed E-state index contributed by atoms with van der Waals surface area (Å²) in [7, 11) is 0. The molecule has 5 N–H and O–H groups in total. The molecule has 1 rings (SSSR count). The number of hydrogen-bond donors (Lipinski definition) is 5. The van der Waals surface area contributed by atoms with Gasteiger partial charge in [-0.05, 0) is 12.8 Å². The van der Waals surface area contributed by atoms with Crippen molar-refractivity contribution in [3.05, 3.63) is 0 Å². The highest BCUT2D eigenvalue weighted by Crippen LogP contribution is 2.43. The van der Waals surface area contributed by atoms with E-state index >= 15 is 0 Å². The molecule has 1 aliphatic carbocycles. The molecule has 0 bridgehead atoms. The van der Waals surface area contributed by atoms with Crippen LogP contribution in [0, 0.1) is 0 Å². The molecule has 19 heavy (non-hydrogen) atoms. The summed E-state index contributed by atoms with van der Waals surface area (Å²) in [6.45, 7) is -1.55. The Labute approximate surface area is 108 Å². The number of carboxylic acid groups (broad SMARTS) is 3. The van der Waals surface area contributed by atoms with Gasteiger partial charge >= 0.3 is 17.9 Å². The maximum atomic E-state index is 10.7. The van der Waals surface area contributed by atoms with Crippen LogP contribution in [0.2, 0.25) is 0 Å². The van der Waals surface area contributed by atoms with Gasteiger partial charge < -0.3 is 20.4 Å². The number of aliphatic hydroxyl groups is 1. The van der Waals surface area contributed by atoms with E-state index in [4.69, 9.17) is 15.3 Å². The summed E-state index contributed by atoms with van der Waals surface area (Å²) in [6.07, 6.45) is -0.481. The lowest BCUT2D eigenvalue weighted by Gasteiger charge is -2.33. The molecular weight excluding hydrogens is 260 g/mol. The zero-order chi connectivity index (χ0) is 14.6. The summed E-state index contributed by atoms with van der Waals surface area (Å²) in [4.78, 5) is 33.0. The number of aliphatic carboxylic acids is 3. The Hall–Kier alpha value is -1.71. The van der Waals surface area contributed by atoms with E-state index in [-0.39, 0.29) is 0 Å². The van der Waals surface area contributed by atoms with Crippen LogP contribution in [0.4, 0.5) is 0 Å². The molecule has 0 aromatic heterocycles. The third-order valence-corrected chi connectivity index (χ3v) is 3.00. The van der Waals surface area contributed by atoms with Crippen molar-refractivity contribution in [3.63, 3.8) is 0 Å². The number of hydrogen-bond acceptors (Lipinski definition) is 6. The molecule has 0 spiro atoms. The predicted octanol–water partition coefficient (Wildman–Crippen LogP) is -2.02. The second kappa shape index (κ2) is 5.95. The fourth-order valence-electron chi connectivity index (χ4n) is 1.96. The Balaban J connectivity index is 2.72. The molecule has 0 saturated heterocycles. The number of nitrogens with one attached hydrogen (secondary N) is 1. The molecule has 0 heterocycles. The van der Waals surface area contributed by atoms with Gasteiger partial charge in [0.05, 0.1) is 25.2 Å². The average Bonchev–Trinajstić information content (AvgIpc) is 3.04. The summed E-state index contributed by atoms with van der Waals surface area (Å²) in [5, 5.41) is 38.2. The van der Waals surface area contributed by atoms with Crippen LogP contribution in [-0.4, -0.2) is 74.6 Å². The van der Waals surface area contributed by atoms with E-state index < -0.39 is 49.3 Å². The van der Waals surface area contributed by atoms with Gasteiger partial charge in [0.25, 0.3) is 0 Å². The highest BCUT2D eigenvalue weighted by molar-refractivity contribution is 5.73. The summed E-state index contributed by atoms with van der Waals surface area (Å²) < 4.78 is 0. The molecule has 1 fully saturated rings. The monoisotopic (exact) mass is 276 g/mol. The van der Waals surface area contributed by atoms with Crippen LogP contribution in [0.25, 0.3) is 0 Å². The number of aliphatic hydroxyl groups excluding tert-OH is 1. The van der Waals surface area contributed by atoms with E-state index in [2.05, 4.69) is 5.32 Å². The van der Waals surface area contributed by atoms with Gasteiger partial charge in [-0.3, -0.25) is 24.6 Å². The standard InChI is InChI=1S/C10H16N2O7/c13-6(14)3-11-9(19)10(1-2-10)12(4-7(15)16)5-8(17)18/h9,11,19H,1-5H2,(H,13,14)(H,15,16)(H,17,18). The van der Waals surface area contributed by atoms with Gasteiger partial charge in [-0.25, -0.2) is 0 Å². The Morgan fingerprint density at radius 2 is 1.53 bits per heavy atom. The minimum Gasteiger partial charge on any atom is -0.480 e. The van der Waals surface area contributed by atoms with E-state index in [9.17, 15) is 19.5 Å². The molecule has 1 aliphatic rings. The quantitative estimate of drug-likeness (QED) is 0.301. The van der Waals surface area contributed by atoms with Gasteiger partial charge in [-0.1, -0.05) is 0 Å². The van der Waals surface area contributed by atoms with Gasteiger partial charge in [0.2, 0.25) is 0 Å². The van der Waals surface area contributed by atoms with Crippen molar-refractivity contribution in [2.24, 2.45) is 0 Å². The molecule has 1 unspecified atom stereocenters. The first-order valence-electron chi connectivity index (χ1n) is 5.60. The Kier molecular flexibility index (Phi) is 4.81. The van der Waals surface area contributed by atoms with E-state index in [0.717, 1.165) is 4.90 Å². The van der Waals surface area contributed by atoms with Crippen LogP contribution in [0.1, 0.15) is 12.8 Å². The van der Waals surface area contributed by atoms with E-state index in [1.54, 1.807) is 0 Å². The molecule has 0 aromatic rings. The maximum absolute atomic E-state index is 10.7. The highest BCUT2D eigenvalue weighted by atomic mass is 16.4. The van der Waals surface area contributed by atoms with Gasteiger partial charge in [-0.2, -0.15) is 0 Å². The fourth-order valence-corrected chi connectivity index (χ4v) is 1.96. The molecule has 108 valence electrons. The summed E-state index contributed by atoms with van der Waals surface area (Å²) in [6, 6.07) is 0. The normalized spacial score (nSPS) is 18.0. The Morgan fingerprint density at radius 3 is 1.84 bits per heavy atom. The van der Waals surface area contributed by atoms with E-state index in [0.29, 0.717) is 12.8 Å².